The molecule has 1 amide bonds. The number of carbonyl (C=O) groups excluding carboxylic acids is 1. The summed E-state index contributed by atoms with van der Waals surface area (Å²) in [5.41, 5.74) is 7.98. The van der Waals surface area contributed by atoms with Gasteiger partial charge in [0.05, 0.1) is 24.2 Å². The topological polar surface area (TPSA) is 104 Å². The van der Waals surface area contributed by atoms with E-state index in [1.54, 1.807) is 18.2 Å². The molecule has 1 heterocycles. The Morgan fingerprint density at radius 1 is 1.45 bits per heavy atom. The van der Waals surface area contributed by atoms with Gasteiger partial charge in [-0.05, 0) is 36.8 Å². The Kier molecular flexibility index (Phi) is 4.83. The zero-order valence-electron chi connectivity index (χ0n) is 12.1. The monoisotopic (exact) mass is 296 g/mol. The summed E-state index contributed by atoms with van der Waals surface area (Å²) in [6.45, 7) is 2.15. The van der Waals surface area contributed by atoms with Crippen LogP contribution in [0.5, 0.6) is 0 Å². The molecule has 0 saturated heterocycles. The second kappa shape index (κ2) is 6.99. The molecular weight excluding hydrogens is 280 g/mol. The van der Waals surface area contributed by atoms with Gasteiger partial charge in [0.15, 0.2) is 0 Å². The Morgan fingerprint density at radius 2 is 2.27 bits per heavy atom. The van der Waals surface area contributed by atoms with E-state index in [0.29, 0.717) is 17.1 Å². The first-order valence-corrected chi connectivity index (χ1v) is 6.63. The Hall–Kier alpha value is -3.20. The van der Waals surface area contributed by atoms with Crippen molar-refractivity contribution < 1.29 is 9.21 Å². The fourth-order valence-corrected chi connectivity index (χ4v) is 1.77. The molecule has 0 unspecified atom stereocenters. The molecule has 0 aliphatic heterocycles. The van der Waals surface area contributed by atoms with Crippen molar-refractivity contribution in [1.82, 2.24) is 5.32 Å². The average Bonchev–Trinajstić information content (AvgIpc) is 3.02. The summed E-state index contributed by atoms with van der Waals surface area (Å²) in [4.78, 5) is 11.9. The Bertz CT molecular complexity index is 727. The lowest BCUT2D eigenvalue weighted by atomic mass is 10.2. The molecule has 6 heteroatoms. The predicted molar refractivity (Wildman–Crippen MR) is 83.5 cm³/mol. The highest BCUT2D eigenvalue weighted by atomic mass is 16.3. The zero-order chi connectivity index (χ0) is 15.9. The molecule has 0 fully saturated rings. The second-order valence-corrected chi connectivity index (χ2v) is 4.67. The summed E-state index contributed by atoms with van der Waals surface area (Å²) < 4.78 is 5.11. The van der Waals surface area contributed by atoms with Crippen LogP contribution in [0.2, 0.25) is 0 Å². The van der Waals surface area contributed by atoms with Crippen molar-refractivity contribution in [3.63, 3.8) is 0 Å². The summed E-state index contributed by atoms with van der Waals surface area (Å²) >= 11 is 0. The molecule has 0 atom stereocenters. The van der Waals surface area contributed by atoms with Crippen molar-refractivity contribution in [2.24, 2.45) is 0 Å². The number of carbonyl (C=O) groups is 1. The number of nitriles is 1. The minimum Gasteiger partial charge on any atom is -0.467 e. The van der Waals surface area contributed by atoms with Crippen molar-refractivity contribution >= 4 is 17.3 Å². The van der Waals surface area contributed by atoms with Crippen LogP contribution in [0.1, 0.15) is 11.3 Å². The standard InChI is InChI=1S/C16H16N4O2/c1-11-4-5-14(18)15(7-11)19-9-12(8-17)16(21)20-10-13-3-2-6-22-13/h2-7,9,19H,10,18H2,1H3,(H,20,21)/b12-9-. The molecule has 22 heavy (non-hydrogen) atoms. The molecule has 2 aromatic rings. The van der Waals surface area contributed by atoms with Crippen LogP contribution < -0.4 is 16.4 Å². The molecule has 2 rings (SSSR count). The number of nitrogens with two attached hydrogens (primary N) is 1. The van der Waals surface area contributed by atoms with E-state index in [-0.39, 0.29) is 12.1 Å². The Labute approximate surface area is 128 Å². The van der Waals surface area contributed by atoms with E-state index in [4.69, 9.17) is 15.4 Å². The minimum atomic E-state index is -0.488. The highest BCUT2D eigenvalue weighted by Gasteiger charge is 2.09. The largest absolute Gasteiger partial charge is 0.467 e. The third-order valence-corrected chi connectivity index (χ3v) is 2.95. The number of furan rings is 1. The Morgan fingerprint density at radius 3 is 2.95 bits per heavy atom. The molecule has 0 radical (unpaired) electrons. The van der Waals surface area contributed by atoms with Gasteiger partial charge in [-0.2, -0.15) is 5.26 Å². The van der Waals surface area contributed by atoms with Gasteiger partial charge in [0, 0.05) is 6.20 Å². The van der Waals surface area contributed by atoms with Crippen molar-refractivity contribution in [3.8, 4) is 6.07 Å². The third kappa shape index (κ3) is 3.90. The van der Waals surface area contributed by atoms with E-state index < -0.39 is 5.91 Å². The number of hydrogen-bond donors (Lipinski definition) is 3. The number of nitrogens with zero attached hydrogens (tertiary/aromatic N) is 1. The van der Waals surface area contributed by atoms with Gasteiger partial charge < -0.3 is 20.8 Å². The van der Waals surface area contributed by atoms with Gasteiger partial charge in [-0.25, -0.2) is 0 Å². The van der Waals surface area contributed by atoms with E-state index in [9.17, 15) is 4.79 Å². The maximum Gasteiger partial charge on any atom is 0.263 e. The van der Waals surface area contributed by atoms with Crippen LogP contribution in [-0.2, 0) is 11.3 Å². The molecule has 1 aromatic carbocycles. The molecule has 4 N–H and O–H groups in total. The van der Waals surface area contributed by atoms with Gasteiger partial charge in [0.25, 0.3) is 5.91 Å². The van der Waals surface area contributed by atoms with Crippen LogP contribution in [0.3, 0.4) is 0 Å². The number of anilines is 2. The van der Waals surface area contributed by atoms with Crippen LogP contribution in [0, 0.1) is 18.3 Å². The molecule has 0 spiro atoms. The van der Waals surface area contributed by atoms with E-state index in [1.807, 2.05) is 25.1 Å². The summed E-state index contributed by atoms with van der Waals surface area (Å²) in [5, 5.41) is 14.6. The molecule has 0 bridgehead atoms. The first-order valence-electron chi connectivity index (χ1n) is 6.63. The summed E-state index contributed by atoms with van der Waals surface area (Å²) in [7, 11) is 0. The lowest BCUT2D eigenvalue weighted by Gasteiger charge is -2.07. The molecule has 0 aliphatic carbocycles. The number of rotatable bonds is 5. The van der Waals surface area contributed by atoms with Crippen molar-refractivity contribution in [2.75, 3.05) is 11.1 Å². The summed E-state index contributed by atoms with van der Waals surface area (Å²) in [6.07, 6.45) is 2.85. The average molecular weight is 296 g/mol. The van der Waals surface area contributed by atoms with E-state index in [2.05, 4.69) is 10.6 Å². The zero-order valence-corrected chi connectivity index (χ0v) is 12.1. The van der Waals surface area contributed by atoms with E-state index >= 15 is 0 Å². The fourth-order valence-electron chi connectivity index (χ4n) is 1.77. The maximum atomic E-state index is 11.9. The van der Waals surface area contributed by atoms with E-state index in [1.165, 1.54) is 12.5 Å². The van der Waals surface area contributed by atoms with Crippen LogP contribution in [0.4, 0.5) is 11.4 Å². The molecule has 112 valence electrons. The first kappa shape index (κ1) is 15.2. The van der Waals surface area contributed by atoms with Crippen molar-refractivity contribution in [3.05, 3.63) is 59.7 Å². The lowest BCUT2D eigenvalue weighted by Crippen LogP contribution is -2.24. The van der Waals surface area contributed by atoms with Crippen LogP contribution in [0.15, 0.2) is 52.8 Å². The number of aryl methyl sites for hydroxylation is 1. The Balaban J connectivity index is 2.02. The van der Waals surface area contributed by atoms with Crippen LogP contribution in [-0.4, -0.2) is 5.91 Å². The predicted octanol–water partition coefficient (Wildman–Crippen LogP) is 2.31. The highest BCUT2D eigenvalue weighted by Crippen LogP contribution is 2.19. The van der Waals surface area contributed by atoms with Gasteiger partial charge in [-0.15, -0.1) is 0 Å². The SMILES string of the molecule is Cc1ccc(N)c(N/C=C(/C#N)C(=O)NCc2ccco2)c1. The molecular formula is C16H16N4O2. The summed E-state index contributed by atoms with van der Waals surface area (Å²) in [5.74, 6) is 0.124. The summed E-state index contributed by atoms with van der Waals surface area (Å²) in [6, 6.07) is 10.8. The molecule has 0 saturated carbocycles. The number of nitrogens with one attached hydrogen (secondary N) is 2. The smallest absolute Gasteiger partial charge is 0.263 e. The molecule has 6 nitrogen and oxygen atoms in total. The third-order valence-electron chi connectivity index (χ3n) is 2.95. The van der Waals surface area contributed by atoms with Crippen molar-refractivity contribution in [1.29, 1.82) is 5.26 Å². The minimum absolute atomic E-state index is 0.0486. The first-order chi connectivity index (χ1) is 10.6. The lowest BCUT2D eigenvalue weighted by molar-refractivity contribution is -0.117. The van der Waals surface area contributed by atoms with Gasteiger partial charge in [0.2, 0.25) is 0 Å². The molecule has 1 aromatic heterocycles. The van der Waals surface area contributed by atoms with Crippen LogP contribution >= 0.6 is 0 Å². The number of benzene rings is 1. The second-order valence-electron chi connectivity index (χ2n) is 4.67. The maximum absolute atomic E-state index is 11.9. The van der Waals surface area contributed by atoms with Gasteiger partial charge in [-0.1, -0.05) is 6.07 Å². The van der Waals surface area contributed by atoms with Crippen LogP contribution in [0.25, 0.3) is 0 Å². The van der Waals surface area contributed by atoms with Gasteiger partial charge >= 0.3 is 0 Å². The normalized spacial score (nSPS) is 10.8. The quantitative estimate of drug-likeness (QED) is 0.446. The fraction of sp³-hybridized carbons (Fsp3) is 0.125. The van der Waals surface area contributed by atoms with Crippen molar-refractivity contribution in [2.45, 2.75) is 13.5 Å². The molecule has 0 aliphatic rings. The number of amides is 1. The van der Waals surface area contributed by atoms with Gasteiger partial charge in [0.1, 0.15) is 17.4 Å². The highest BCUT2D eigenvalue weighted by molar-refractivity contribution is 5.97. The number of nitrogen functional groups attached to an aromatic ring is 1. The van der Waals surface area contributed by atoms with Gasteiger partial charge in [-0.3, -0.25) is 4.79 Å². The number of hydrogen-bond acceptors (Lipinski definition) is 5. The van der Waals surface area contributed by atoms with E-state index in [0.717, 1.165) is 5.56 Å².